The molecule has 0 saturated heterocycles. The summed E-state index contributed by atoms with van der Waals surface area (Å²) in [7, 11) is 0. The summed E-state index contributed by atoms with van der Waals surface area (Å²) < 4.78 is 0.612. The van der Waals surface area contributed by atoms with Gasteiger partial charge >= 0.3 is 0 Å². The van der Waals surface area contributed by atoms with Crippen molar-refractivity contribution in [1.29, 1.82) is 10.5 Å². The van der Waals surface area contributed by atoms with Gasteiger partial charge in [-0.3, -0.25) is 5.32 Å². The van der Waals surface area contributed by atoms with Crippen LogP contribution in [0.1, 0.15) is 5.56 Å². The highest BCUT2D eigenvalue weighted by Crippen LogP contribution is 2.34. The molecule has 0 aromatic heterocycles. The standard InChI is InChI=1S/C10H6BrClN4S/c1-17-10(15-5-14)16-9-6(4-13)7(11)2-3-8(9)12/h2-3H,1H3,(H,15,16). The second kappa shape index (κ2) is 6.51. The molecule has 0 aliphatic heterocycles. The highest BCUT2D eigenvalue weighted by atomic mass is 79.9. The zero-order chi connectivity index (χ0) is 12.8. The number of hydrogen-bond acceptors (Lipinski definition) is 4. The van der Waals surface area contributed by atoms with Crippen LogP contribution in [0.15, 0.2) is 21.6 Å². The predicted molar refractivity (Wildman–Crippen MR) is 73.2 cm³/mol. The summed E-state index contributed by atoms with van der Waals surface area (Å²) in [6.07, 6.45) is 3.54. The molecule has 0 bridgehead atoms. The van der Waals surface area contributed by atoms with Crippen LogP contribution in [0, 0.1) is 22.8 Å². The second-order valence-electron chi connectivity index (χ2n) is 2.72. The van der Waals surface area contributed by atoms with Crippen LogP contribution in [0.5, 0.6) is 0 Å². The molecule has 0 amide bonds. The van der Waals surface area contributed by atoms with Crippen molar-refractivity contribution in [2.24, 2.45) is 4.99 Å². The molecule has 0 atom stereocenters. The predicted octanol–water partition coefficient (Wildman–Crippen LogP) is 3.40. The third-order valence-corrected chi connectivity index (χ3v) is 3.31. The Morgan fingerprint density at radius 1 is 1.53 bits per heavy atom. The van der Waals surface area contributed by atoms with E-state index < -0.39 is 0 Å². The van der Waals surface area contributed by atoms with Crippen molar-refractivity contribution < 1.29 is 0 Å². The number of nitrogens with zero attached hydrogens (tertiary/aromatic N) is 3. The zero-order valence-electron chi connectivity index (χ0n) is 8.66. The first-order valence-electron chi connectivity index (χ1n) is 4.30. The number of thioether (sulfide) groups is 1. The molecular formula is C10H6BrClN4S. The molecule has 1 N–H and O–H groups in total. The van der Waals surface area contributed by atoms with Crippen LogP contribution >= 0.6 is 39.3 Å². The van der Waals surface area contributed by atoms with Gasteiger partial charge in [-0.2, -0.15) is 10.5 Å². The van der Waals surface area contributed by atoms with Gasteiger partial charge in [0.05, 0.1) is 10.6 Å². The second-order valence-corrected chi connectivity index (χ2v) is 4.78. The quantitative estimate of drug-likeness (QED) is 0.371. The van der Waals surface area contributed by atoms with Crippen LogP contribution in [0.4, 0.5) is 5.69 Å². The lowest BCUT2D eigenvalue weighted by molar-refractivity contribution is 1.27. The fourth-order valence-electron chi connectivity index (χ4n) is 1.03. The van der Waals surface area contributed by atoms with E-state index in [1.54, 1.807) is 24.6 Å². The van der Waals surface area contributed by atoms with E-state index >= 15 is 0 Å². The molecule has 0 heterocycles. The molecule has 86 valence electrons. The van der Waals surface area contributed by atoms with Crippen molar-refractivity contribution in [3.05, 3.63) is 27.2 Å². The summed E-state index contributed by atoms with van der Waals surface area (Å²) in [6.45, 7) is 0. The van der Waals surface area contributed by atoms with E-state index in [0.29, 0.717) is 25.9 Å². The molecule has 7 heteroatoms. The average Bonchev–Trinajstić information content (AvgIpc) is 2.33. The lowest BCUT2D eigenvalue weighted by Gasteiger charge is -2.05. The molecule has 0 unspecified atom stereocenters. The molecule has 0 radical (unpaired) electrons. The van der Waals surface area contributed by atoms with E-state index in [0.717, 1.165) is 0 Å². The summed E-state index contributed by atoms with van der Waals surface area (Å²) in [5, 5.41) is 20.7. The van der Waals surface area contributed by atoms with E-state index in [4.69, 9.17) is 22.1 Å². The first-order valence-corrected chi connectivity index (χ1v) is 6.69. The third-order valence-electron chi connectivity index (χ3n) is 1.76. The summed E-state index contributed by atoms with van der Waals surface area (Å²) >= 11 is 10.5. The van der Waals surface area contributed by atoms with E-state index in [1.165, 1.54) is 11.8 Å². The van der Waals surface area contributed by atoms with Crippen LogP contribution in [-0.2, 0) is 0 Å². The Labute approximate surface area is 116 Å². The van der Waals surface area contributed by atoms with Crippen LogP contribution in [0.25, 0.3) is 0 Å². The molecule has 0 saturated carbocycles. The molecular weight excluding hydrogens is 324 g/mol. The molecule has 0 aliphatic rings. The van der Waals surface area contributed by atoms with Crippen molar-refractivity contribution in [2.75, 3.05) is 6.26 Å². The van der Waals surface area contributed by atoms with E-state index in [9.17, 15) is 0 Å². The van der Waals surface area contributed by atoms with Gasteiger partial charge in [0.1, 0.15) is 11.8 Å². The topological polar surface area (TPSA) is 72.0 Å². The molecule has 1 aromatic rings. The monoisotopic (exact) mass is 328 g/mol. The van der Waals surface area contributed by atoms with Crippen molar-refractivity contribution in [3.8, 4) is 12.3 Å². The van der Waals surface area contributed by atoms with Gasteiger partial charge < -0.3 is 0 Å². The van der Waals surface area contributed by atoms with Gasteiger partial charge in [-0.25, -0.2) is 4.99 Å². The molecule has 0 aliphatic carbocycles. The Balaban J connectivity index is 3.36. The summed E-state index contributed by atoms with van der Waals surface area (Å²) in [6, 6.07) is 5.33. The van der Waals surface area contributed by atoms with E-state index in [2.05, 4.69) is 26.2 Å². The summed E-state index contributed by atoms with van der Waals surface area (Å²) in [5.41, 5.74) is 0.680. The number of rotatable bonds is 1. The highest BCUT2D eigenvalue weighted by molar-refractivity contribution is 9.10. The van der Waals surface area contributed by atoms with Gasteiger partial charge in [0, 0.05) is 4.47 Å². The molecule has 17 heavy (non-hydrogen) atoms. The minimum atomic E-state index is 0.337. The smallest absolute Gasteiger partial charge is 0.183 e. The Bertz CT molecular complexity index is 544. The Morgan fingerprint density at radius 2 is 2.24 bits per heavy atom. The van der Waals surface area contributed by atoms with Gasteiger partial charge in [-0.1, -0.05) is 23.4 Å². The summed E-state index contributed by atoms with van der Waals surface area (Å²) in [5.74, 6) is 0. The summed E-state index contributed by atoms with van der Waals surface area (Å²) in [4.78, 5) is 4.16. The van der Waals surface area contributed by atoms with Crippen molar-refractivity contribution >= 4 is 50.1 Å². The number of nitriles is 2. The molecule has 1 aromatic carbocycles. The average molecular weight is 330 g/mol. The van der Waals surface area contributed by atoms with Crippen molar-refractivity contribution in [3.63, 3.8) is 0 Å². The third kappa shape index (κ3) is 3.37. The SMILES string of the molecule is CSC(=Nc1c(Cl)ccc(Br)c1C#N)NC#N. The number of halogens is 2. The fourth-order valence-corrected chi connectivity index (χ4v) is 1.97. The minimum Gasteiger partial charge on any atom is -0.271 e. The van der Waals surface area contributed by atoms with Crippen molar-refractivity contribution in [1.82, 2.24) is 5.32 Å². The van der Waals surface area contributed by atoms with Gasteiger partial charge in [-0.15, -0.1) is 0 Å². The normalized spacial score (nSPS) is 10.5. The Morgan fingerprint density at radius 3 is 2.76 bits per heavy atom. The van der Waals surface area contributed by atoms with Gasteiger partial charge in [-0.05, 0) is 34.3 Å². The fraction of sp³-hybridized carbons (Fsp3) is 0.100. The first kappa shape index (κ1) is 13.9. The number of hydrogen-bond donors (Lipinski definition) is 1. The highest BCUT2D eigenvalue weighted by Gasteiger charge is 2.11. The molecule has 0 spiro atoms. The number of nitrogens with one attached hydrogen (secondary N) is 1. The lowest BCUT2D eigenvalue weighted by atomic mass is 10.2. The molecule has 4 nitrogen and oxygen atoms in total. The number of benzene rings is 1. The van der Waals surface area contributed by atoms with Crippen LogP contribution < -0.4 is 5.32 Å². The first-order chi connectivity index (χ1) is 8.13. The Hall–Kier alpha value is -1.21. The van der Waals surface area contributed by atoms with Crippen LogP contribution in [0.2, 0.25) is 5.02 Å². The van der Waals surface area contributed by atoms with Crippen molar-refractivity contribution in [2.45, 2.75) is 0 Å². The van der Waals surface area contributed by atoms with Crippen LogP contribution in [-0.4, -0.2) is 11.4 Å². The molecule has 0 fully saturated rings. The van der Waals surface area contributed by atoms with Gasteiger partial charge in [0.2, 0.25) is 0 Å². The maximum absolute atomic E-state index is 9.04. The lowest BCUT2D eigenvalue weighted by Crippen LogP contribution is -2.12. The minimum absolute atomic E-state index is 0.337. The largest absolute Gasteiger partial charge is 0.271 e. The molecule has 1 rings (SSSR count). The van der Waals surface area contributed by atoms with Gasteiger partial charge in [0.25, 0.3) is 0 Å². The number of aliphatic imine (C=N–C) groups is 1. The van der Waals surface area contributed by atoms with E-state index in [-0.39, 0.29) is 0 Å². The van der Waals surface area contributed by atoms with E-state index in [1.807, 2.05) is 6.07 Å². The maximum Gasteiger partial charge on any atom is 0.183 e. The Kier molecular flexibility index (Phi) is 5.30. The van der Waals surface area contributed by atoms with Crippen LogP contribution in [0.3, 0.4) is 0 Å². The van der Waals surface area contributed by atoms with Gasteiger partial charge in [0.15, 0.2) is 11.4 Å². The number of amidine groups is 1. The maximum atomic E-state index is 9.04. The zero-order valence-corrected chi connectivity index (χ0v) is 11.8.